The molecule has 3 N–H and O–H groups in total. The largest absolute Gasteiger partial charge is 0.449 e. The summed E-state index contributed by atoms with van der Waals surface area (Å²) in [5.41, 5.74) is 0.169. The highest BCUT2D eigenvalue weighted by molar-refractivity contribution is 9.10. The first kappa shape index (κ1) is 17.6. The summed E-state index contributed by atoms with van der Waals surface area (Å²) in [4.78, 5) is 42.0. The number of aryl methyl sites for hydroxylation is 1. The van der Waals surface area contributed by atoms with E-state index in [-0.39, 0.29) is 22.0 Å². The van der Waals surface area contributed by atoms with Crippen molar-refractivity contribution in [1.82, 2.24) is 20.6 Å². The van der Waals surface area contributed by atoms with Crippen LogP contribution in [-0.4, -0.2) is 26.9 Å². The molecule has 1 aliphatic heterocycles. The number of nitrogens with zero attached hydrogens (tertiary/aromatic N) is 1. The first-order valence-corrected chi connectivity index (χ1v) is 8.77. The highest BCUT2D eigenvalue weighted by Gasteiger charge is 2.26. The van der Waals surface area contributed by atoms with Crippen LogP contribution in [0.25, 0.3) is 6.08 Å². The molecule has 11 heteroatoms. The van der Waals surface area contributed by atoms with Gasteiger partial charge in [0.15, 0.2) is 15.4 Å². The van der Waals surface area contributed by atoms with Crippen molar-refractivity contribution in [2.75, 3.05) is 0 Å². The lowest BCUT2D eigenvalue weighted by molar-refractivity contribution is -0.123. The molecule has 0 aromatic carbocycles. The molecule has 0 radical (unpaired) electrons. The molecule has 0 spiro atoms. The molecule has 1 fully saturated rings. The predicted molar refractivity (Wildman–Crippen MR) is 97.0 cm³/mol. The average Bonchev–Trinajstić information content (AvgIpc) is 2.81. The van der Waals surface area contributed by atoms with Crippen LogP contribution in [0.15, 0.2) is 41.6 Å². The highest BCUT2D eigenvalue weighted by Crippen LogP contribution is 2.34. The first-order chi connectivity index (χ1) is 11.8. The van der Waals surface area contributed by atoms with E-state index in [4.69, 9.17) is 16.6 Å². The van der Waals surface area contributed by atoms with Crippen LogP contribution in [0.1, 0.15) is 11.5 Å². The number of amides is 2. The van der Waals surface area contributed by atoms with Crippen molar-refractivity contribution in [2.24, 2.45) is 0 Å². The van der Waals surface area contributed by atoms with Gasteiger partial charge in [-0.2, -0.15) is 0 Å². The van der Waals surface area contributed by atoms with E-state index in [9.17, 15) is 14.4 Å². The number of hydrogen-bond acceptors (Lipinski definition) is 7. The van der Waals surface area contributed by atoms with E-state index >= 15 is 0 Å². The van der Waals surface area contributed by atoms with Crippen LogP contribution in [0.3, 0.4) is 0 Å². The van der Waals surface area contributed by atoms with Gasteiger partial charge in [0.05, 0.1) is 4.47 Å². The number of nitrogens with one attached hydrogen (secondary N) is 3. The maximum Gasteiger partial charge on any atom is 0.263 e. The van der Waals surface area contributed by atoms with Gasteiger partial charge in [0.2, 0.25) is 0 Å². The molecule has 0 unspecified atom stereocenters. The SMILES string of the molecule is Cc1cc(=O)[nH]c(Sc2oc(C=C3C(=O)NC(=S)NC3=O)cc2Br)n1. The number of thiocarbonyl (C=S) groups is 1. The molecule has 2 amide bonds. The molecular formula is C14H9BrN4O4S2. The molecule has 1 aliphatic rings. The number of H-pyrrole nitrogens is 1. The van der Waals surface area contributed by atoms with E-state index in [1.165, 1.54) is 12.1 Å². The van der Waals surface area contributed by atoms with Gasteiger partial charge in [-0.05, 0) is 59.0 Å². The summed E-state index contributed by atoms with van der Waals surface area (Å²) in [6.45, 7) is 1.71. The minimum Gasteiger partial charge on any atom is -0.449 e. The molecular weight excluding hydrogens is 432 g/mol. The molecule has 0 aliphatic carbocycles. The maximum atomic E-state index is 11.8. The summed E-state index contributed by atoms with van der Waals surface area (Å²) in [5, 5.41) is 5.40. The smallest absolute Gasteiger partial charge is 0.263 e. The van der Waals surface area contributed by atoms with Gasteiger partial charge in [-0.3, -0.25) is 25.0 Å². The Kier molecular flexibility index (Phi) is 4.88. The fraction of sp³-hybridized carbons (Fsp3) is 0.0714. The third kappa shape index (κ3) is 4.06. The van der Waals surface area contributed by atoms with E-state index in [2.05, 4.69) is 36.5 Å². The summed E-state index contributed by atoms with van der Waals surface area (Å²) in [7, 11) is 0. The highest BCUT2D eigenvalue weighted by atomic mass is 79.9. The van der Waals surface area contributed by atoms with E-state index in [1.807, 2.05) is 0 Å². The topological polar surface area (TPSA) is 117 Å². The second kappa shape index (κ2) is 6.94. The molecule has 25 heavy (non-hydrogen) atoms. The Balaban J connectivity index is 1.88. The summed E-state index contributed by atoms with van der Waals surface area (Å²) in [5.74, 6) is -0.946. The fourth-order valence-electron chi connectivity index (χ4n) is 1.95. The Labute approximate surface area is 158 Å². The van der Waals surface area contributed by atoms with Crippen LogP contribution in [0.5, 0.6) is 0 Å². The van der Waals surface area contributed by atoms with Gasteiger partial charge in [0.25, 0.3) is 17.4 Å². The number of carbonyl (C=O) groups is 2. The molecule has 3 heterocycles. The number of aromatic amines is 1. The van der Waals surface area contributed by atoms with E-state index in [0.717, 1.165) is 11.8 Å². The van der Waals surface area contributed by atoms with Gasteiger partial charge in [0.1, 0.15) is 11.3 Å². The first-order valence-electron chi connectivity index (χ1n) is 6.75. The maximum absolute atomic E-state index is 11.8. The van der Waals surface area contributed by atoms with Crippen molar-refractivity contribution in [3.8, 4) is 0 Å². The van der Waals surface area contributed by atoms with Crippen LogP contribution in [0, 0.1) is 6.92 Å². The summed E-state index contributed by atoms with van der Waals surface area (Å²) in [6.07, 6.45) is 1.30. The quantitative estimate of drug-likeness (QED) is 0.286. The molecule has 2 aromatic heterocycles. The Morgan fingerprint density at radius 1 is 1.24 bits per heavy atom. The molecule has 1 saturated heterocycles. The van der Waals surface area contributed by atoms with Crippen LogP contribution in [-0.2, 0) is 9.59 Å². The minimum absolute atomic E-state index is 0.0431. The molecule has 8 nitrogen and oxygen atoms in total. The van der Waals surface area contributed by atoms with Crippen LogP contribution in [0.2, 0.25) is 0 Å². The number of rotatable bonds is 3. The van der Waals surface area contributed by atoms with Gasteiger partial charge in [-0.1, -0.05) is 0 Å². The number of aromatic nitrogens is 2. The van der Waals surface area contributed by atoms with Gasteiger partial charge >= 0.3 is 0 Å². The lowest BCUT2D eigenvalue weighted by atomic mass is 10.1. The third-order valence-corrected chi connectivity index (χ3v) is 4.87. The number of carbonyl (C=O) groups excluding carboxylic acids is 2. The van der Waals surface area contributed by atoms with Crippen molar-refractivity contribution in [2.45, 2.75) is 17.2 Å². The zero-order valence-electron chi connectivity index (χ0n) is 12.5. The van der Waals surface area contributed by atoms with Crippen LogP contribution >= 0.6 is 39.9 Å². The zero-order chi connectivity index (χ0) is 18.1. The Bertz CT molecular complexity index is 973. The fourth-order valence-corrected chi connectivity index (χ4v) is 3.49. The monoisotopic (exact) mass is 440 g/mol. The summed E-state index contributed by atoms with van der Waals surface area (Å²) < 4.78 is 6.19. The standard InChI is InChI=1S/C14H9BrN4O4S2/c1-5-2-9(20)17-14(16-5)25-12-8(15)4-6(23-12)3-7-10(21)18-13(24)19-11(7)22/h2-4H,1H3,(H,16,17,20)(H2,18,19,21,22,24). The van der Waals surface area contributed by atoms with Crippen molar-refractivity contribution < 1.29 is 14.0 Å². The lowest BCUT2D eigenvalue weighted by Crippen LogP contribution is -2.51. The van der Waals surface area contributed by atoms with Crippen LogP contribution < -0.4 is 16.2 Å². The summed E-state index contributed by atoms with van der Waals surface area (Å²) in [6, 6.07) is 2.97. The minimum atomic E-state index is -0.611. The predicted octanol–water partition coefficient (Wildman–Crippen LogP) is 1.50. The molecule has 0 saturated carbocycles. The van der Waals surface area contributed by atoms with Crippen molar-refractivity contribution in [1.29, 1.82) is 0 Å². The second-order valence-electron chi connectivity index (χ2n) is 4.87. The Morgan fingerprint density at radius 2 is 1.92 bits per heavy atom. The van der Waals surface area contributed by atoms with Gasteiger partial charge < -0.3 is 9.40 Å². The average molecular weight is 441 g/mol. The normalized spacial score (nSPS) is 14.3. The molecule has 3 rings (SSSR count). The van der Waals surface area contributed by atoms with E-state index in [0.29, 0.717) is 20.4 Å². The van der Waals surface area contributed by atoms with Crippen molar-refractivity contribution in [3.63, 3.8) is 0 Å². The summed E-state index contributed by atoms with van der Waals surface area (Å²) >= 11 is 9.16. The third-order valence-electron chi connectivity index (χ3n) is 2.94. The van der Waals surface area contributed by atoms with Crippen LogP contribution in [0.4, 0.5) is 0 Å². The van der Waals surface area contributed by atoms with Gasteiger partial charge in [-0.25, -0.2) is 4.98 Å². The molecule has 0 atom stereocenters. The van der Waals surface area contributed by atoms with Crippen molar-refractivity contribution >= 4 is 62.9 Å². The Hall–Kier alpha value is -2.24. The van der Waals surface area contributed by atoms with E-state index in [1.54, 1.807) is 13.0 Å². The molecule has 0 bridgehead atoms. The van der Waals surface area contributed by atoms with E-state index < -0.39 is 11.8 Å². The number of halogens is 1. The number of furan rings is 1. The Morgan fingerprint density at radius 3 is 2.56 bits per heavy atom. The number of hydrogen-bond donors (Lipinski definition) is 3. The molecule has 2 aromatic rings. The lowest BCUT2D eigenvalue weighted by Gasteiger charge is -2.15. The van der Waals surface area contributed by atoms with Gasteiger partial charge in [0, 0.05) is 11.8 Å². The van der Waals surface area contributed by atoms with Gasteiger partial charge in [-0.15, -0.1) is 0 Å². The molecule has 128 valence electrons. The zero-order valence-corrected chi connectivity index (χ0v) is 15.7. The second-order valence-corrected chi connectivity index (χ2v) is 7.10. The van der Waals surface area contributed by atoms with Crippen molar-refractivity contribution in [3.05, 3.63) is 44.0 Å².